The van der Waals surface area contributed by atoms with Gasteiger partial charge in [-0.05, 0) is 31.0 Å². The van der Waals surface area contributed by atoms with E-state index in [2.05, 4.69) is 35.2 Å². The van der Waals surface area contributed by atoms with Crippen LogP contribution in [0.5, 0.6) is 0 Å². The smallest absolute Gasteiger partial charge is 0.321 e. The number of pyridine rings is 1. The van der Waals surface area contributed by atoms with Crippen molar-refractivity contribution in [3.63, 3.8) is 0 Å². The fraction of sp³-hybridized carbons (Fsp3) is 0.571. The van der Waals surface area contributed by atoms with Crippen LogP contribution in [0.1, 0.15) is 25.3 Å². The summed E-state index contributed by atoms with van der Waals surface area (Å²) in [6.07, 6.45) is 3.73. The van der Waals surface area contributed by atoms with Crippen molar-refractivity contribution in [2.24, 2.45) is 0 Å². The Kier molecular flexibility index (Phi) is 7.40. The molecule has 1 rings (SSSR count). The van der Waals surface area contributed by atoms with Crippen LogP contribution >= 0.6 is 12.6 Å². The molecule has 5 nitrogen and oxygen atoms in total. The van der Waals surface area contributed by atoms with Gasteiger partial charge in [0.05, 0.1) is 0 Å². The van der Waals surface area contributed by atoms with Crippen LogP contribution < -0.4 is 10.6 Å². The van der Waals surface area contributed by atoms with Gasteiger partial charge in [-0.3, -0.25) is 4.79 Å². The highest BCUT2D eigenvalue weighted by Crippen LogP contribution is 2.09. The van der Waals surface area contributed by atoms with E-state index >= 15 is 0 Å². The molecule has 0 saturated carbocycles. The molecule has 1 unspecified atom stereocenters. The Morgan fingerprint density at radius 1 is 1.55 bits per heavy atom. The second kappa shape index (κ2) is 8.81. The average Bonchev–Trinajstić information content (AvgIpc) is 2.39. The third-order valence-corrected chi connectivity index (χ3v) is 3.36. The maximum absolute atomic E-state index is 11.0. The predicted molar refractivity (Wildman–Crippen MR) is 84.6 cm³/mol. The largest absolute Gasteiger partial charge is 0.480 e. The molecule has 112 valence electrons. The Balaban J connectivity index is 2.58. The topological polar surface area (TPSA) is 74.2 Å². The predicted octanol–water partition coefficient (Wildman–Crippen LogP) is 1.94. The molecule has 1 aromatic heterocycles. The summed E-state index contributed by atoms with van der Waals surface area (Å²) in [5.74, 6) is 0.226. The van der Waals surface area contributed by atoms with E-state index in [9.17, 15) is 4.79 Å². The molecular weight excluding hydrogens is 274 g/mol. The molecule has 0 aromatic carbocycles. The average molecular weight is 297 g/mol. The first-order chi connectivity index (χ1) is 9.56. The molecule has 0 amide bonds. The van der Waals surface area contributed by atoms with Crippen LogP contribution in [-0.2, 0) is 4.79 Å². The second-order valence-corrected chi connectivity index (χ2v) is 5.20. The summed E-state index contributed by atoms with van der Waals surface area (Å²) in [4.78, 5) is 15.2. The summed E-state index contributed by atoms with van der Waals surface area (Å²) in [5, 5.41) is 15.4. The van der Waals surface area contributed by atoms with Crippen molar-refractivity contribution in [2.75, 3.05) is 17.6 Å². The van der Waals surface area contributed by atoms with Crippen molar-refractivity contribution >= 4 is 24.4 Å². The van der Waals surface area contributed by atoms with Crippen molar-refractivity contribution < 1.29 is 9.90 Å². The van der Waals surface area contributed by atoms with Crippen molar-refractivity contribution in [1.82, 2.24) is 10.3 Å². The zero-order valence-electron chi connectivity index (χ0n) is 12.0. The Morgan fingerprint density at radius 3 is 2.85 bits per heavy atom. The lowest BCUT2D eigenvalue weighted by atomic mass is 10.1. The zero-order valence-corrected chi connectivity index (χ0v) is 12.9. The number of hydrogen-bond donors (Lipinski definition) is 4. The van der Waals surface area contributed by atoms with E-state index in [1.807, 2.05) is 19.1 Å². The maximum atomic E-state index is 11.0. The molecule has 2 atom stereocenters. The van der Waals surface area contributed by atoms with Gasteiger partial charge in [0, 0.05) is 24.5 Å². The van der Waals surface area contributed by atoms with E-state index in [1.54, 1.807) is 6.20 Å². The number of carbonyl (C=O) groups is 1. The first-order valence-corrected chi connectivity index (χ1v) is 7.46. The third kappa shape index (κ3) is 5.79. The number of nitrogens with zero attached hydrogens (tertiary/aromatic N) is 1. The molecule has 1 heterocycles. The number of aromatic nitrogens is 1. The minimum Gasteiger partial charge on any atom is -0.480 e. The number of aryl methyl sites for hydroxylation is 1. The van der Waals surface area contributed by atoms with Crippen molar-refractivity contribution in [2.45, 2.75) is 38.8 Å². The molecule has 0 aliphatic carbocycles. The van der Waals surface area contributed by atoms with Gasteiger partial charge in [0.25, 0.3) is 0 Å². The highest BCUT2D eigenvalue weighted by molar-refractivity contribution is 7.80. The standard InChI is InChI=1S/C14H23N3O2S/c1-3-4-11(8-16-12(9-20)14(18)19)17-13-7-10(2)5-6-15-13/h5-7,11-12,16,20H,3-4,8-9H2,1-2H3,(H,15,17)(H,18,19)/t11?,12-/m0/s1. The minimum absolute atomic E-state index is 0.149. The van der Waals surface area contributed by atoms with Gasteiger partial charge < -0.3 is 15.7 Å². The number of carboxylic acids is 1. The molecule has 6 heteroatoms. The summed E-state index contributed by atoms with van der Waals surface area (Å²) in [6.45, 7) is 4.69. The summed E-state index contributed by atoms with van der Waals surface area (Å²) < 4.78 is 0. The highest BCUT2D eigenvalue weighted by atomic mass is 32.1. The quantitative estimate of drug-likeness (QED) is 0.524. The lowest BCUT2D eigenvalue weighted by molar-refractivity contribution is -0.138. The second-order valence-electron chi connectivity index (χ2n) is 4.83. The van der Waals surface area contributed by atoms with Gasteiger partial charge in [0.1, 0.15) is 11.9 Å². The number of hydrogen-bond acceptors (Lipinski definition) is 5. The van der Waals surface area contributed by atoms with Crippen LogP contribution in [0.15, 0.2) is 18.3 Å². The first-order valence-electron chi connectivity index (χ1n) is 6.83. The normalized spacial score (nSPS) is 13.8. The SMILES string of the molecule is CCCC(CN[C@@H](CS)C(=O)O)Nc1cc(C)ccn1. The van der Waals surface area contributed by atoms with Gasteiger partial charge in [0.2, 0.25) is 0 Å². The van der Waals surface area contributed by atoms with E-state index in [4.69, 9.17) is 5.11 Å². The van der Waals surface area contributed by atoms with E-state index < -0.39 is 12.0 Å². The molecule has 0 saturated heterocycles. The van der Waals surface area contributed by atoms with Gasteiger partial charge in [-0.1, -0.05) is 13.3 Å². The third-order valence-electron chi connectivity index (χ3n) is 3.00. The van der Waals surface area contributed by atoms with E-state index in [0.29, 0.717) is 6.54 Å². The van der Waals surface area contributed by atoms with Gasteiger partial charge in [0.15, 0.2) is 0 Å². The number of aliphatic carboxylic acids is 1. The molecule has 0 spiro atoms. The highest BCUT2D eigenvalue weighted by Gasteiger charge is 2.17. The van der Waals surface area contributed by atoms with Crippen molar-refractivity contribution in [3.8, 4) is 0 Å². The number of anilines is 1. The van der Waals surface area contributed by atoms with Crippen LogP contribution in [0, 0.1) is 6.92 Å². The first kappa shape index (κ1) is 16.8. The number of carboxylic acid groups (broad SMARTS) is 1. The van der Waals surface area contributed by atoms with Crippen LogP contribution in [0.25, 0.3) is 0 Å². The summed E-state index contributed by atoms with van der Waals surface area (Å²) in [6, 6.07) is 3.45. The lowest BCUT2D eigenvalue weighted by Gasteiger charge is -2.21. The molecule has 0 bridgehead atoms. The monoisotopic (exact) mass is 297 g/mol. The van der Waals surface area contributed by atoms with Crippen LogP contribution in [0.4, 0.5) is 5.82 Å². The minimum atomic E-state index is -0.871. The maximum Gasteiger partial charge on any atom is 0.321 e. The van der Waals surface area contributed by atoms with Crippen LogP contribution in [-0.4, -0.2) is 40.4 Å². The Hall–Kier alpha value is -1.27. The molecule has 0 aliphatic heterocycles. The van der Waals surface area contributed by atoms with Crippen molar-refractivity contribution in [1.29, 1.82) is 0 Å². The fourth-order valence-corrected chi connectivity index (χ4v) is 2.20. The number of thiol groups is 1. The van der Waals surface area contributed by atoms with E-state index in [-0.39, 0.29) is 11.8 Å². The van der Waals surface area contributed by atoms with Crippen LogP contribution in [0.3, 0.4) is 0 Å². The molecule has 0 aliphatic rings. The van der Waals surface area contributed by atoms with Crippen LogP contribution in [0.2, 0.25) is 0 Å². The molecular formula is C14H23N3O2S. The number of nitrogens with one attached hydrogen (secondary N) is 2. The van der Waals surface area contributed by atoms with Gasteiger partial charge in [-0.15, -0.1) is 0 Å². The molecule has 3 N–H and O–H groups in total. The number of rotatable bonds is 9. The molecule has 0 radical (unpaired) electrons. The Morgan fingerprint density at radius 2 is 2.30 bits per heavy atom. The van der Waals surface area contributed by atoms with E-state index in [1.165, 1.54) is 0 Å². The fourth-order valence-electron chi connectivity index (χ4n) is 1.91. The molecule has 20 heavy (non-hydrogen) atoms. The van der Waals surface area contributed by atoms with Gasteiger partial charge >= 0.3 is 5.97 Å². The van der Waals surface area contributed by atoms with Crippen molar-refractivity contribution in [3.05, 3.63) is 23.9 Å². The Bertz CT molecular complexity index is 429. The lowest BCUT2D eigenvalue weighted by Crippen LogP contribution is -2.44. The van der Waals surface area contributed by atoms with E-state index in [0.717, 1.165) is 24.2 Å². The summed E-state index contributed by atoms with van der Waals surface area (Å²) >= 11 is 4.05. The van der Waals surface area contributed by atoms with Gasteiger partial charge in [-0.25, -0.2) is 4.98 Å². The van der Waals surface area contributed by atoms with Gasteiger partial charge in [-0.2, -0.15) is 12.6 Å². The molecule has 1 aromatic rings. The Labute approximate surface area is 125 Å². The zero-order chi connectivity index (χ0) is 15.0. The summed E-state index contributed by atoms with van der Waals surface area (Å²) in [5.41, 5.74) is 1.14. The molecule has 0 fully saturated rings. The summed E-state index contributed by atoms with van der Waals surface area (Å²) in [7, 11) is 0.